The second-order valence-corrected chi connectivity index (χ2v) is 8.79. The van der Waals surface area contributed by atoms with Gasteiger partial charge in [0.2, 0.25) is 5.89 Å². The molecule has 0 bridgehead atoms. The third kappa shape index (κ3) is 4.07. The number of rotatable bonds is 5. The summed E-state index contributed by atoms with van der Waals surface area (Å²) in [5.74, 6) is 0.724. The van der Waals surface area contributed by atoms with Crippen molar-refractivity contribution in [3.05, 3.63) is 47.1 Å². The first kappa shape index (κ1) is 17.6. The third-order valence-electron chi connectivity index (χ3n) is 4.41. The highest BCUT2D eigenvalue weighted by molar-refractivity contribution is 7.89. The third-order valence-corrected chi connectivity index (χ3v) is 5.27. The van der Waals surface area contributed by atoms with Crippen molar-refractivity contribution in [2.45, 2.75) is 43.9 Å². The van der Waals surface area contributed by atoms with Crippen molar-refractivity contribution in [1.29, 1.82) is 0 Å². The Morgan fingerprint density at radius 1 is 1.24 bits per heavy atom. The van der Waals surface area contributed by atoms with Gasteiger partial charge in [-0.3, -0.25) is 4.79 Å². The summed E-state index contributed by atoms with van der Waals surface area (Å²) in [4.78, 5) is 17.0. The zero-order valence-electron chi connectivity index (χ0n) is 14.3. The van der Waals surface area contributed by atoms with Gasteiger partial charge in [0.05, 0.1) is 5.75 Å². The Morgan fingerprint density at radius 2 is 1.88 bits per heavy atom. The van der Waals surface area contributed by atoms with Crippen LogP contribution in [-0.4, -0.2) is 30.7 Å². The lowest BCUT2D eigenvalue weighted by Crippen LogP contribution is -2.44. The van der Waals surface area contributed by atoms with E-state index in [-0.39, 0.29) is 11.7 Å². The Balaban J connectivity index is 1.78. The van der Waals surface area contributed by atoms with Crippen LogP contribution in [0.3, 0.4) is 0 Å². The van der Waals surface area contributed by atoms with Crippen molar-refractivity contribution >= 4 is 15.7 Å². The van der Waals surface area contributed by atoms with E-state index in [0.717, 1.165) is 25.7 Å². The molecule has 1 fully saturated rings. The van der Waals surface area contributed by atoms with E-state index in [1.165, 1.54) is 6.26 Å². The standard InChI is InChI=1S/C17H21N3O4S/c1-12-18-16(20-24-12)17(9-3-4-10-17)19-15(21)14-7-5-13(6-8-14)11-25(2,22)23/h5-8H,3-4,9-11H2,1-2H3,(H,19,21). The van der Waals surface area contributed by atoms with Gasteiger partial charge in [-0.2, -0.15) is 4.98 Å². The summed E-state index contributed by atoms with van der Waals surface area (Å²) < 4.78 is 27.8. The topological polar surface area (TPSA) is 102 Å². The molecule has 2 aromatic rings. The Labute approximate surface area is 146 Å². The van der Waals surface area contributed by atoms with Crippen molar-refractivity contribution in [3.63, 3.8) is 0 Å². The van der Waals surface area contributed by atoms with Gasteiger partial charge >= 0.3 is 0 Å². The maximum absolute atomic E-state index is 12.7. The predicted octanol–water partition coefficient (Wildman–Crippen LogP) is 2.12. The lowest BCUT2D eigenvalue weighted by Gasteiger charge is -2.26. The lowest BCUT2D eigenvalue weighted by atomic mass is 9.95. The molecule has 0 saturated heterocycles. The number of carbonyl (C=O) groups excluding carboxylic acids is 1. The second-order valence-electron chi connectivity index (χ2n) is 6.65. The molecule has 1 aliphatic rings. The van der Waals surface area contributed by atoms with Crippen molar-refractivity contribution in [3.8, 4) is 0 Å². The number of hydrogen-bond acceptors (Lipinski definition) is 6. The van der Waals surface area contributed by atoms with Crippen molar-refractivity contribution < 1.29 is 17.7 Å². The number of amides is 1. The molecule has 0 unspecified atom stereocenters. The second kappa shape index (κ2) is 6.59. The first-order valence-corrected chi connectivity index (χ1v) is 10.2. The first-order chi connectivity index (χ1) is 11.8. The number of aromatic nitrogens is 2. The van der Waals surface area contributed by atoms with Crippen molar-refractivity contribution in [1.82, 2.24) is 15.5 Å². The molecule has 7 nitrogen and oxygen atoms in total. The molecule has 134 valence electrons. The van der Waals surface area contributed by atoms with Crippen LogP contribution in [0.15, 0.2) is 28.8 Å². The normalized spacial score (nSPS) is 16.7. The summed E-state index contributed by atoms with van der Waals surface area (Å²) in [5, 5.41) is 7.07. The van der Waals surface area contributed by atoms with Crippen LogP contribution in [0.1, 0.15) is 53.3 Å². The summed E-state index contributed by atoms with van der Waals surface area (Å²) in [6, 6.07) is 6.60. The zero-order chi connectivity index (χ0) is 18.1. The molecule has 1 aromatic carbocycles. The molecule has 1 aliphatic carbocycles. The van der Waals surface area contributed by atoms with Gasteiger partial charge in [-0.25, -0.2) is 8.42 Å². The number of aryl methyl sites for hydroxylation is 1. The van der Waals surface area contributed by atoms with Crippen LogP contribution in [0.4, 0.5) is 0 Å². The van der Waals surface area contributed by atoms with Crippen LogP contribution in [0.5, 0.6) is 0 Å². The highest BCUT2D eigenvalue weighted by Gasteiger charge is 2.41. The van der Waals surface area contributed by atoms with Gasteiger partial charge in [0.15, 0.2) is 15.7 Å². The largest absolute Gasteiger partial charge is 0.340 e. The quantitative estimate of drug-likeness (QED) is 0.873. The molecule has 1 amide bonds. The molecule has 0 radical (unpaired) electrons. The molecule has 1 N–H and O–H groups in total. The Bertz CT molecular complexity index is 866. The average Bonchev–Trinajstić information content (AvgIpc) is 3.16. The molecule has 0 aliphatic heterocycles. The Kier molecular flexibility index (Phi) is 4.64. The zero-order valence-corrected chi connectivity index (χ0v) is 15.1. The minimum absolute atomic E-state index is 0.0407. The number of carbonyl (C=O) groups is 1. The van der Waals surface area contributed by atoms with Gasteiger partial charge < -0.3 is 9.84 Å². The van der Waals surface area contributed by atoms with Crippen LogP contribution in [0.25, 0.3) is 0 Å². The summed E-state index contributed by atoms with van der Waals surface area (Å²) >= 11 is 0. The van der Waals surface area contributed by atoms with Crippen molar-refractivity contribution in [2.75, 3.05) is 6.26 Å². The highest BCUT2D eigenvalue weighted by atomic mass is 32.2. The molecule has 1 aromatic heterocycles. The number of nitrogens with zero attached hydrogens (tertiary/aromatic N) is 2. The molecule has 1 heterocycles. The molecule has 0 spiro atoms. The van der Waals surface area contributed by atoms with Crippen LogP contribution in [0.2, 0.25) is 0 Å². The van der Waals surface area contributed by atoms with Crippen LogP contribution in [0, 0.1) is 6.92 Å². The number of sulfone groups is 1. The van der Waals surface area contributed by atoms with E-state index in [0.29, 0.717) is 22.8 Å². The maximum atomic E-state index is 12.7. The van der Waals surface area contributed by atoms with Gasteiger partial charge in [-0.05, 0) is 30.5 Å². The van der Waals surface area contributed by atoms with Gasteiger partial charge in [-0.1, -0.05) is 30.1 Å². The van der Waals surface area contributed by atoms with Crippen LogP contribution in [-0.2, 0) is 21.1 Å². The van der Waals surface area contributed by atoms with E-state index in [1.807, 2.05) is 0 Å². The summed E-state index contributed by atoms with van der Waals surface area (Å²) in [5.41, 5.74) is 0.535. The van der Waals surface area contributed by atoms with E-state index in [2.05, 4.69) is 15.5 Å². The fourth-order valence-corrected chi connectivity index (χ4v) is 4.02. The van der Waals surface area contributed by atoms with Gasteiger partial charge in [-0.15, -0.1) is 0 Å². The Morgan fingerprint density at radius 3 is 2.40 bits per heavy atom. The smallest absolute Gasteiger partial charge is 0.252 e. The van der Waals surface area contributed by atoms with E-state index < -0.39 is 15.4 Å². The molecular weight excluding hydrogens is 342 g/mol. The monoisotopic (exact) mass is 363 g/mol. The highest BCUT2D eigenvalue weighted by Crippen LogP contribution is 2.37. The average molecular weight is 363 g/mol. The predicted molar refractivity (Wildman–Crippen MR) is 91.6 cm³/mol. The van der Waals surface area contributed by atoms with Crippen LogP contribution >= 0.6 is 0 Å². The summed E-state index contributed by atoms with van der Waals surface area (Å²) in [6.07, 6.45) is 4.69. The van der Waals surface area contributed by atoms with Gasteiger partial charge in [0.25, 0.3) is 5.91 Å². The molecular formula is C17H21N3O4S. The summed E-state index contributed by atoms with van der Waals surface area (Å²) in [7, 11) is -3.10. The molecule has 8 heteroatoms. The molecule has 0 atom stereocenters. The molecule has 25 heavy (non-hydrogen) atoms. The van der Waals surface area contributed by atoms with E-state index >= 15 is 0 Å². The van der Waals surface area contributed by atoms with E-state index in [9.17, 15) is 13.2 Å². The maximum Gasteiger partial charge on any atom is 0.252 e. The number of benzene rings is 1. The fourth-order valence-electron chi connectivity index (χ4n) is 3.22. The molecule has 3 rings (SSSR count). The van der Waals surface area contributed by atoms with Gasteiger partial charge in [0, 0.05) is 18.7 Å². The molecule has 1 saturated carbocycles. The van der Waals surface area contributed by atoms with Crippen LogP contribution < -0.4 is 5.32 Å². The van der Waals surface area contributed by atoms with E-state index in [1.54, 1.807) is 31.2 Å². The SMILES string of the molecule is Cc1nc(C2(NC(=O)c3ccc(CS(C)(=O)=O)cc3)CCCC2)no1. The van der Waals surface area contributed by atoms with E-state index in [4.69, 9.17) is 4.52 Å². The van der Waals surface area contributed by atoms with Gasteiger partial charge in [0.1, 0.15) is 5.54 Å². The fraction of sp³-hybridized carbons (Fsp3) is 0.471. The summed E-state index contributed by atoms with van der Waals surface area (Å²) in [6.45, 7) is 1.72. The minimum atomic E-state index is -3.10. The Hall–Kier alpha value is -2.22. The minimum Gasteiger partial charge on any atom is -0.340 e. The first-order valence-electron chi connectivity index (χ1n) is 8.17. The number of hydrogen-bond donors (Lipinski definition) is 1. The van der Waals surface area contributed by atoms with Crippen molar-refractivity contribution in [2.24, 2.45) is 0 Å². The number of nitrogens with one attached hydrogen (secondary N) is 1. The lowest BCUT2D eigenvalue weighted by molar-refractivity contribution is 0.0892.